The lowest BCUT2D eigenvalue weighted by Gasteiger charge is -2.22. The Bertz CT molecular complexity index is 276. The molecule has 1 aliphatic rings. The van der Waals surface area contributed by atoms with Crippen molar-refractivity contribution < 1.29 is 9.59 Å². The van der Waals surface area contributed by atoms with Crippen molar-refractivity contribution >= 4 is 11.8 Å². The van der Waals surface area contributed by atoms with Crippen LogP contribution in [0.4, 0.5) is 0 Å². The Morgan fingerprint density at radius 2 is 1.89 bits per heavy atom. The zero-order valence-corrected chi connectivity index (χ0v) is 12.0. The van der Waals surface area contributed by atoms with Gasteiger partial charge in [-0.05, 0) is 44.7 Å². The Labute approximate surface area is 115 Å². The molecule has 5 nitrogen and oxygen atoms in total. The number of hydrogen-bond acceptors (Lipinski definition) is 3. The quantitative estimate of drug-likeness (QED) is 0.610. The molecule has 3 N–H and O–H groups in total. The van der Waals surface area contributed by atoms with Crippen molar-refractivity contribution in [3.63, 3.8) is 0 Å². The normalized spacial score (nSPS) is 18.9. The fourth-order valence-corrected chi connectivity index (χ4v) is 2.26. The van der Waals surface area contributed by atoms with Gasteiger partial charge >= 0.3 is 0 Å². The van der Waals surface area contributed by atoms with E-state index in [1.807, 2.05) is 6.92 Å². The van der Waals surface area contributed by atoms with E-state index in [0.29, 0.717) is 31.8 Å². The standard InChI is InChI=1S/C14H27N3O2/c1-2-8-16-14(19)7-10-17-13(18)6-5-12-4-3-9-15-11-12/h12,15H,2-11H2,1H3,(H,16,19)(H,17,18). The van der Waals surface area contributed by atoms with Gasteiger partial charge in [-0.2, -0.15) is 0 Å². The molecule has 0 aromatic carbocycles. The maximum absolute atomic E-state index is 11.6. The summed E-state index contributed by atoms with van der Waals surface area (Å²) in [6.45, 7) is 5.31. The van der Waals surface area contributed by atoms with Crippen molar-refractivity contribution in [2.24, 2.45) is 5.92 Å². The van der Waals surface area contributed by atoms with Crippen molar-refractivity contribution in [1.82, 2.24) is 16.0 Å². The van der Waals surface area contributed by atoms with E-state index in [2.05, 4.69) is 16.0 Å². The van der Waals surface area contributed by atoms with E-state index in [-0.39, 0.29) is 11.8 Å². The van der Waals surface area contributed by atoms with E-state index in [4.69, 9.17) is 0 Å². The molecule has 5 heteroatoms. The van der Waals surface area contributed by atoms with Gasteiger partial charge in [0.2, 0.25) is 11.8 Å². The Morgan fingerprint density at radius 3 is 2.58 bits per heavy atom. The van der Waals surface area contributed by atoms with Crippen LogP contribution in [-0.4, -0.2) is 38.0 Å². The largest absolute Gasteiger partial charge is 0.356 e. The Morgan fingerprint density at radius 1 is 1.16 bits per heavy atom. The number of nitrogens with one attached hydrogen (secondary N) is 3. The fourth-order valence-electron chi connectivity index (χ4n) is 2.26. The number of rotatable bonds is 8. The molecule has 0 radical (unpaired) electrons. The minimum atomic E-state index is 0.0126. The van der Waals surface area contributed by atoms with Gasteiger partial charge in [-0.1, -0.05) is 6.92 Å². The van der Waals surface area contributed by atoms with Crippen LogP contribution >= 0.6 is 0 Å². The van der Waals surface area contributed by atoms with Crippen LogP contribution in [0.1, 0.15) is 45.4 Å². The first-order valence-electron chi connectivity index (χ1n) is 7.46. The van der Waals surface area contributed by atoms with Crippen LogP contribution in [0, 0.1) is 5.92 Å². The molecule has 0 bridgehead atoms. The van der Waals surface area contributed by atoms with Gasteiger partial charge in [-0.15, -0.1) is 0 Å². The van der Waals surface area contributed by atoms with Gasteiger partial charge < -0.3 is 16.0 Å². The first-order chi connectivity index (χ1) is 9.22. The maximum Gasteiger partial charge on any atom is 0.221 e. The topological polar surface area (TPSA) is 70.2 Å². The first kappa shape index (κ1) is 16.0. The molecule has 1 heterocycles. The molecule has 1 saturated heterocycles. The van der Waals surface area contributed by atoms with Crippen molar-refractivity contribution in [3.8, 4) is 0 Å². The van der Waals surface area contributed by atoms with E-state index in [0.717, 1.165) is 25.9 Å². The highest BCUT2D eigenvalue weighted by molar-refractivity contribution is 5.78. The zero-order valence-electron chi connectivity index (χ0n) is 12.0. The second kappa shape index (κ2) is 9.78. The van der Waals surface area contributed by atoms with Crippen molar-refractivity contribution in [1.29, 1.82) is 0 Å². The van der Waals surface area contributed by atoms with Gasteiger partial charge in [0.15, 0.2) is 0 Å². The molecule has 1 rings (SSSR count). The van der Waals surface area contributed by atoms with E-state index in [9.17, 15) is 9.59 Å². The minimum absolute atomic E-state index is 0.0126. The number of piperidine rings is 1. The molecule has 1 aliphatic heterocycles. The molecule has 1 unspecified atom stereocenters. The summed E-state index contributed by atoms with van der Waals surface area (Å²) in [6.07, 6.45) is 5.26. The van der Waals surface area contributed by atoms with Crippen LogP contribution in [-0.2, 0) is 9.59 Å². The van der Waals surface area contributed by atoms with E-state index in [1.165, 1.54) is 12.8 Å². The molecule has 1 fully saturated rings. The van der Waals surface area contributed by atoms with Gasteiger partial charge in [0.05, 0.1) is 0 Å². The van der Waals surface area contributed by atoms with Gasteiger partial charge in [0.25, 0.3) is 0 Å². The van der Waals surface area contributed by atoms with E-state index < -0.39 is 0 Å². The monoisotopic (exact) mass is 269 g/mol. The maximum atomic E-state index is 11.6. The smallest absolute Gasteiger partial charge is 0.221 e. The molecule has 0 spiro atoms. The zero-order chi connectivity index (χ0) is 13.9. The summed E-state index contributed by atoms with van der Waals surface area (Å²) >= 11 is 0. The van der Waals surface area contributed by atoms with Crippen molar-refractivity contribution in [2.45, 2.75) is 45.4 Å². The van der Waals surface area contributed by atoms with Crippen LogP contribution in [0.3, 0.4) is 0 Å². The van der Waals surface area contributed by atoms with Crippen LogP contribution in [0.2, 0.25) is 0 Å². The molecule has 0 aromatic rings. The SMILES string of the molecule is CCCNC(=O)CCNC(=O)CCC1CCCNC1. The summed E-state index contributed by atoms with van der Waals surface area (Å²) < 4.78 is 0. The predicted molar refractivity (Wildman–Crippen MR) is 75.8 cm³/mol. The molecule has 1 atom stereocenters. The van der Waals surface area contributed by atoms with Crippen LogP contribution in [0.25, 0.3) is 0 Å². The highest BCUT2D eigenvalue weighted by Gasteiger charge is 2.14. The summed E-state index contributed by atoms with van der Waals surface area (Å²) in [5.41, 5.74) is 0. The fraction of sp³-hybridized carbons (Fsp3) is 0.857. The van der Waals surface area contributed by atoms with Gasteiger partial charge in [-0.3, -0.25) is 9.59 Å². The van der Waals surface area contributed by atoms with Gasteiger partial charge in [-0.25, -0.2) is 0 Å². The lowest BCUT2D eigenvalue weighted by molar-refractivity contribution is -0.122. The Hall–Kier alpha value is -1.10. The highest BCUT2D eigenvalue weighted by atomic mass is 16.2. The third-order valence-corrected chi connectivity index (χ3v) is 3.42. The van der Waals surface area contributed by atoms with Crippen molar-refractivity contribution in [2.75, 3.05) is 26.2 Å². The third-order valence-electron chi connectivity index (χ3n) is 3.42. The molecule has 0 saturated carbocycles. The van der Waals surface area contributed by atoms with Crippen LogP contribution < -0.4 is 16.0 Å². The minimum Gasteiger partial charge on any atom is -0.356 e. The molecular formula is C14H27N3O2. The second-order valence-corrected chi connectivity index (χ2v) is 5.20. The average molecular weight is 269 g/mol. The summed E-state index contributed by atoms with van der Waals surface area (Å²) in [7, 11) is 0. The molecule has 0 aliphatic carbocycles. The molecule has 19 heavy (non-hydrogen) atoms. The van der Waals surface area contributed by atoms with E-state index >= 15 is 0 Å². The third kappa shape index (κ3) is 7.82. The molecule has 0 aromatic heterocycles. The Balaban J connectivity index is 1.99. The molecule has 110 valence electrons. The Kier molecular flexibility index (Phi) is 8.21. The summed E-state index contributed by atoms with van der Waals surface area (Å²) in [6, 6.07) is 0. The molecule has 2 amide bonds. The molecular weight excluding hydrogens is 242 g/mol. The second-order valence-electron chi connectivity index (χ2n) is 5.20. The van der Waals surface area contributed by atoms with Crippen molar-refractivity contribution in [3.05, 3.63) is 0 Å². The lowest BCUT2D eigenvalue weighted by atomic mass is 9.94. The first-order valence-corrected chi connectivity index (χ1v) is 7.46. The van der Waals surface area contributed by atoms with E-state index in [1.54, 1.807) is 0 Å². The van der Waals surface area contributed by atoms with Gasteiger partial charge in [0.1, 0.15) is 0 Å². The number of hydrogen-bond donors (Lipinski definition) is 3. The summed E-state index contributed by atoms with van der Waals surface area (Å²) in [5.74, 6) is 0.708. The number of carbonyl (C=O) groups is 2. The van der Waals surface area contributed by atoms with Crippen LogP contribution in [0.15, 0.2) is 0 Å². The summed E-state index contributed by atoms with van der Waals surface area (Å²) in [5, 5.41) is 8.95. The predicted octanol–water partition coefficient (Wildman–Crippen LogP) is 0.799. The van der Waals surface area contributed by atoms with Gasteiger partial charge in [0, 0.05) is 25.9 Å². The number of amides is 2. The summed E-state index contributed by atoms with van der Waals surface area (Å²) in [4.78, 5) is 22.9. The number of carbonyl (C=O) groups excluding carboxylic acids is 2. The lowest BCUT2D eigenvalue weighted by Crippen LogP contribution is -2.33. The highest BCUT2D eigenvalue weighted by Crippen LogP contribution is 2.15. The average Bonchev–Trinajstić information content (AvgIpc) is 2.44. The van der Waals surface area contributed by atoms with Crippen LogP contribution in [0.5, 0.6) is 0 Å².